The van der Waals surface area contributed by atoms with Crippen LogP contribution in [-0.4, -0.2) is 159 Å². The summed E-state index contributed by atoms with van der Waals surface area (Å²) in [4.78, 5) is 82.2. The van der Waals surface area contributed by atoms with E-state index in [0.29, 0.717) is 64.8 Å². The molecule has 0 saturated heterocycles. The Labute approximate surface area is 527 Å². The van der Waals surface area contributed by atoms with Crippen molar-refractivity contribution >= 4 is 36.2 Å². The van der Waals surface area contributed by atoms with E-state index in [1.165, 1.54) is 103 Å². The lowest BCUT2D eigenvalue weighted by molar-refractivity contribution is -0.145. The monoisotopic (exact) mass is 1240 g/mol. The van der Waals surface area contributed by atoms with Crippen LogP contribution in [0.5, 0.6) is 0 Å². The number of carbonyl (C=O) groups is 6. The SMILES string of the molecule is CCCCN(C(=O)OC(C)(C)C)C(NC(=O)OC(C)(C)C)C(CCCCCCNC(=O)CCCCCCCCCCCCCCCCCCCCCCCNC(=O)[C@H](O)[C@@H](O)[C@H](O)[C@@H](C)O)CN(CCCCNC(=O)OC(C)(C)C)C(=O)OC(C)(C)C. The van der Waals surface area contributed by atoms with E-state index >= 15 is 0 Å². The molecule has 0 aliphatic carbocycles. The summed E-state index contributed by atoms with van der Waals surface area (Å²) in [6.45, 7) is 26.9. The third-order valence-corrected chi connectivity index (χ3v) is 14.6. The molecule has 2 unspecified atom stereocenters. The molecule has 512 valence electrons. The molecule has 0 bridgehead atoms. The molecule has 8 N–H and O–H groups in total. The molecule has 6 amide bonds. The van der Waals surface area contributed by atoms with Gasteiger partial charge in [-0.15, -0.1) is 0 Å². The average molecular weight is 1240 g/mol. The van der Waals surface area contributed by atoms with Crippen molar-refractivity contribution in [3.05, 3.63) is 0 Å². The fourth-order valence-electron chi connectivity index (χ4n) is 9.93. The van der Waals surface area contributed by atoms with Crippen LogP contribution in [0, 0.1) is 5.92 Å². The minimum absolute atomic E-state index is 0.0856. The highest BCUT2D eigenvalue weighted by atomic mass is 16.6. The molecule has 6 atom stereocenters. The van der Waals surface area contributed by atoms with Gasteiger partial charge in [0.15, 0.2) is 6.10 Å². The molecular weight excluding hydrogens is 1110 g/mol. The van der Waals surface area contributed by atoms with Crippen molar-refractivity contribution < 1.29 is 68.1 Å². The van der Waals surface area contributed by atoms with Crippen molar-refractivity contribution in [2.24, 2.45) is 5.92 Å². The van der Waals surface area contributed by atoms with Gasteiger partial charge in [-0.05, 0) is 135 Å². The lowest BCUT2D eigenvalue weighted by atomic mass is 9.95. The summed E-state index contributed by atoms with van der Waals surface area (Å²) < 4.78 is 23.1. The molecule has 0 saturated carbocycles. The van der Waals surface area contributed by atoms with Gasteiger partial charge in [0.05, 0.1) is 6.10 Å². The van der Waals surface area contributed by atoms with Crippen molar-refractivity contribution in [3.63, 3.8) is 0 Å². The predicted octanol–water partition coefficient (Wildman–Crippen LogP) is 13.3. The van der Waals surface area contributed by atoms with Gasteiger partial charge in [-0.3, -0.25) is 14.5 Å². The Balaban J connectivity index is 4.93. The summed E-state index contributed by atoms with van der Waals surface area (Å²) in [5.74, 6) is -1.13. The Morgan fingerprint density at radius 1 is 0.425 bits per heavy atom. The number of aliphatic hydroxyl groups is 4. The summed E-state index contributed by atoms with van der Waals surface area (Å²) in [6, 6.07) is 0. The van der Waals surface area contributed by atoms with Crippen LogP contribution < -0.4 is 21.3 Å². The molecule has 0 aromatic carbocycles. The molecule has 20 nitrogen and oxygen atoms in total. The smallest absolute Gasteiger partial charge is 0.411 e. The maximum absolute atomic E-state index is 14.2. The Bertz CT molecular complexity index is 1830. The first-order valence-corrected chi connectivity index (χ1v) is 34.0. The number of aliphatic hydroxyl groups excluding tert-OH is 4. The van der Waals surface area contributed by atoms with Crippen molar-refractivity contribution in [1.29, 1.82) is 0 Å². The van der Waals surface area contributed by atoms with Crippen LogP contribution in [0.2, 0.25) is 0 Å². The van der Waals surface area contributed by atoms with E-state index in [9.17, 15) is 49.2 Å². The fraction of sp³-hybridized carbons (Fsp3) is 0.910. The number of unbranched alkanes of at least 4 members (excludes halogenated alkanes) is 25. The highest BCUT2D eigenvalue weighted by Gasteiger charge is 2.38. The normalized spacial score (nSPS) is 14.2. The first-order valence-electron chi connectivity index (χ1n) is 34.0. The van der Waals surface area contributed by atoms with E-state index < -0.39 is 89.2 Å². The third kappa shape index (κ3) is 47.5. The largest absolute Gasteiger partial charge is 0.444 e. The summed E-state index contributed by atoms with van der Waals surface area (Å²) in [6.07, 6.45) is 22.3. The van der Waals surface area contributed by atoms with E-state index in [2.05, 4.69) is 21.3 Å². The van der Waals surface area contributed by atoms with E-state index in [-0.39, 0.29) is 12.5 Å². The molecule has 20 heteroatoms. The van der Waals surface area contributed by atoms with Crippen LogP contribution in [0.25, 0.3) is 0 Å². The van der Waals surface area contributed by atoms with Crippen molar-refractivity contribution in [3.8, 4) is 0 Å². The molecular formula is C67H130N6O14. The van der Waals surface area contributed by atoms with Crippen LogP contribution in [0.3, 0.4) is 0 Å². The highest BCUT2D eigenvalue weighted by molar-refractivity contribution is 5.81. The third-order valence-electron chi connectivity index (χ3n) is 14.6. The number of nitrogens with one attached hydrogen (secondary N) is 4. The molecule has 0 aromatic rings. The minimum atomic E-state index is -1.78. The Morgan fingerprint density at radius 2 is 0.816 bits per heavy atom. The van der Waals surface area contributed by atoms with Crippen LogP contribution in [0.1, 0.15) is 296 Å². The second kappa shape index (κ2) is 46.9. The maximum atomic E-state index is 14.2. The Hall–Kier alpha value is -4.14. The quantitative estimate of drug-likeness (QED) is 0.0160. The standard InChI is InChI=1S/C67H130N6O14/c1-15-16-50-73(63(83)87-67(12,13)14)58(71-61(81)85-65(6,7)8)53(51-72(62(82)86-66(9,10)11)49-43-42-48-70-60(80)84-64(3,4)5)44-38-35-37-40-46-68-54(75)45-39-34-32-30-28-26-24-22-20-18-17-19-21-23-25-27-29-31-33-36-41-47-69-59(79)57(78)56(77)55(76)52(2)74/h52-53,55-58,74,76-78H,15-51H2,1-14H3,(H,68,75)(H,69,79)(H,70,80)(H,71,81)/t52-,53?,55-,56+,57-,58?/m1/s1. The maximum Gasteiger partial charge on any atom is 0.411 e. The zero-order chi connectivity index (χ0) is 65.9. The first kappa shape index (κ1) is 82.9. The van der Waals surface area contributed by atoms with Gasteiger partial charge in [-0.2, -0.15) is 0 Å². The van der Waals surface area contributed by atoms with E-state index in [4.69, 9.17) is 18.9 Å². The number of ether oxygens (including phenoxy) is 4. The number of hydrogen-bond acceptors (Lipinski definition) is 14. The zero-order valence-corrected chi connectivity index (χ0v) is 57.4. The van der Waals surface area contributed by atoms with Crippen molar-refractivity contribution in [2.75, 3.05) is 39.3 Å². The van der Waals surface area contributed by atoms with Gasteiger partial charge in [0.1, 0.15) is 40.8 Å². The second-order valence-electron chi connectivity index (χ2n) is 28.1. The number of alkyl carbamates (subject to hydrolysis) is 2. The summed E-state index contributed by atoms with van der Waals surface area (Å²) in [7, 11) is 0. The summed E-state index contributed by atoms with van der Waals surface area (Å²) >= 11 is 0. The molecule has 0 aliphatic rings. The van der Waals surface area contributed by atoms with Crippen LogP contribution in [-0.2, 0) is 28.5 Å². The number of nitrogens with zero attached hydrogens (tertiary/aromatic N) is 2. The first-order chi connectivity index (χ1) is 40.8. The number of hydrogen-bond donors (Lipinski definition) is 8. The van der Waals surface area contributed by atoms with E-state index in [1.54, 1.807) is 72.1 Å². The van der Waals surface area contributed by atoms with Gasteiger partial charge >= 0.3 is 24.4 Å². The summed E-state index contributed by atoms with van der Waals surface area (Å²) in [5.41, 5.74) is -3.07. The molecule has 0 rings (SSSR count). The average Bonchev–Trinajstić information content (AvgIpc) is 1.68. The van der Waals surface area contributed by atoms with Crippen LogP contribution in [0.15, 0.2) is 0 Å². The lowest BCUT2D eigenvalue weighted by Gasteiger charge is -2.40. The molecule has 87 heavy (non-hydrogen) atoms. The lowest BCUT2D eigenvalue weighted by Crippen LogP contribution is -2.58. The molecule has 0 spiro atoms. The van der Waals surface area contributed by atoms with Gasteiger partial charge in [0.2, 0.25) is 5.91 Å². The number of carbonyl (C=O) groups excluding carboxylic acids is 6. The fourth-order valence-corrected chi connectivity index (χ4v) is 9.93. The van der Waals surface area contributed by atoms with Gasteiger partial charge in [-0.25, -0.2) is 19.2 Å². The number of rotatable bonds is 48. The topological polar surface area (TPSA) is 275 Å². The predicted molar refractivity (Wildman–Crippen MR) is 346 cm³/mol. The zero-order valence-electron chi connectivity index (χ0n) is 57.4. The molecule has 0 heterocycles. The van der Waals surface area contributed by atoms with Gasteiger partial charge in [-0.1, -0.05) is 155 Å². The van der Waals surface area contributed by atoms with Gasteiger partial charge < -0.3 is 65.5 Å². The summed E-state index contributed by atoms with van der Waals surface area (Å²) in [5, 5.41) is 50.2. The second-order valence-corrected chi connectivity index (χ2v) is 28.1. The molecule has 0 radical (unpaired) electrons. The van der Waals surface area contributed by atoms with Crippen molar-refractivity contribution in [1.82, 2.24) is 31.1 Å². The van der Waals surface area contributed by atoms with Crippen LogP contribution >= 0.6 is 0 Å². The van der Waals surface area contributed by atoms with E-state index in [1.807, 2.05) is 27.7 Å². The molecule has 0 aromatic heterocycles. The minimum Gasteiger partial charge on any atom is -0.444 e. The highest BCUT2D eigenvalue weighted by Crippen LogP contribution is 2.25. The molecule has 0 fully saturated rings. The Morgan fingerprint density at radius 3 is 1.26 bits per heavy atom. The van der Waals surface area contributed by atoms with E-state index in [0.717, 1.165) is 70.6 Å². The van der Waals surface area contributed by atoms with Crippen LogP contribution in [0.4, 0.5) is 19.2 Å². The van der Waals surface area contributed by atoms with Gasteiger partial charge in [0.25, 0.3) is 5.91 Å². The van der Waals surface area contributed by atoms with Crippen molar-refractivity contribution in [2.45, 2.75) is 349 Å². The Kier molecular flexibility index (Phi) is 44.6. The number of amides is 6. The molecule has 0 aliphatic heterocycles. The van der Waals surface area contributed by atoms with Gasteiger partial charge in [0, 0.05) is 51.6 Å².